The molecule has 0 aliphatic heterocycles. The number of nitro groups is 1. The SMILES string of the molecule is O=[N+]([O-])c1ccc(/N=C/CO)o1. The van der Waals surface area contributed by atoms with E-state index >= 15 is 0 Å². The Morgan fingerprint density at radius 2 is 2.50 bits per heavy atom. The number of aliphatic imine (C=N–C) groups is 1. The molecule has 0 aliphatic rings. The van der Waals surface area contributed by atoms with Crippen molar-refractivity contribution in [2.24, 2.45) is 4.99 Å². The van der Waals surface area contributed by atoms with E-state index in [0.29, 0.717) is 0 Å². The van der Waals surface area contributed by atoms with Crippen LogP contribution in [0, 0.1) is 10.1 Å². The predicted octanol–water partition coefficient (Wildman–Crippen LogP) is 0.882. The number of rotatable bonds is 3. The molecule has 0 aliphatic carbocycles. The smallest absolute Gasteiger partial charge is 0.391 e. The normalized spacial score (nSPS) is 10.8. The summed E-state index contributed by atoms with van der Waals surface area (Å²) in [7, 11) is 0. The molecule has 12 heavy (non-hydrogen) atoms. The van der Waals surface area contributed by atoms with Crippen molar-refractivity contribution in [1.82, 2.24) is 0 Å². The van der Waals surface area contributed by atoms with Gasteiger partial charge < -0.3 is 9.52 Å². The van der Waals surface area contributed by atoms with Crippen molar-refractivity contribution in [3.63, 3.8) is 0 Å². The molecule has 0 unspecified atom stereocenters. The number of nitrogens with zero attached hydrogens (tertiary/aromatic N) is 2. The molecule has 6 heteroatoms. The Morgan fingerprint density at radius 1 is 1.75 bits per heavy atom. The van der Waals surface area contributed by atoms with Gasteiger partial charge in [0.2, 0.25) is 5.88 Å². The second-order valence-corrected chi connectivity index (χ2v) is 1.86. The first-order valence-electron chi connectivity index (χ1n) is 3.11. The van der Waals surface area contributed by atoms with Gasteiger partial charge in [-0.25, -0.2) is 4.99 Å². The summed E-state index contributed by atoms with van der Waals surface area (Å²) in [6, 6.07) is 2.55. The maximum Gasteiger partial charge on any atom is 0.434 e. The van der Waals surface area contributed by atoms with Crippen LogP contribution in [0.2, 0.25) is 0 Å². The fraction of sp³-hybridized carbons (Fsp3) is 0.167. The molecule has 0 amide bonds. The predicted molar refractivity (Wildman–Crippen MR) is 40.6 cm³/mol. The summed E-state index contributed by atoms with van der Waals surface area (Å²) in [5, 5.41) is 18.4. The van der Waals surface area contributed by atoms with Crippen LogP contribution in [0.25, 0.3) is 0 Å². The molecule has 0 aromatic carbocycles. The van der Waals surface area contributed by atoms with Crippen molar-refractivity contribution in [3.05, 3.63) is 22.2 Å². The summed E-state index contributed by atoms with van der Waals surface area (Å²) in [6.45, 7) is -0.228. The summed E-state index contributed by atoms with van der Waals surface area (Å²) < 4.78 is 4.64. The zero-order valence-electron chi connectivity index (χ0n) is 6.01. The van der Waals surface area contributed by atoms with Crippen LogP contribution in [0.3, 0.4) is 0 Å². The van der Waals surface area contributed by atoms with Gasteiger partial charge in [0.05, 0.1) is 12.7 Å². The average molecular weight is 170 g/mol. The molecule has 1 heterocycles. The van der Waals surface area contributed by atoms with Crippen LogP contribution in [-0.4, -0.2) is 22.9 Å². The van der Waals surface area contributed by atoms with Crippen molar-refractivity contribution >= 4 is 18.0 Å². The number of aliphatic hydroxyl groups is 1. The summed E-state index contributed by atoms with van der Waals surface area (Å²) >= 11 is 0. The van der Waals surface area contributed by atoms with Gasteiger partial charge in [-0.05, 0) is 0 Å². The third kappa shape index (κ3) is 1.89. The summed E-state index contributed by atoms with van der Waals surface area (Å²) in [4.78, 5) is 13.0. The quantitative estimate of drug-likeness (QED) is 0.414. The van der Waals surface area contributed by atoms with E-state index in [1.165, 1.54) is 18.3 Å². The van der Waals surface area contributed by atoms with Crippen molar-refractivity contribution < 1.29 is 14.4 Å². The fourth-order valence-electron chi connectivity index (χ4n) is 0.616. The lowest BCUT2D eigenvalue weighted by atomic mass is 10.6. The molecule has 1 aromatic heterocycles. The van der Waals surface area contributed by atoms with Gasteiger partial charge in [-0.2, -0.15) is 0 Å². The molecule has 1 N–H and O–H groups in total. The van der Waals surface area contributed by atoms with Gasteiger partial charge in [-0.1, -0.05) is 0 Å². The number of aliphatic hydroxyl groups excluding tert-OH is 1. The van der Waals surface area contributed by atoms with Crippen molar-refractivity contribution in [1.29, 1.82) is 0 Å². The van der Waals surface area contributed by atoms with Crippen LogP contribution in [0.5, 0.6) is 0 Å². The Kier molecular flexibility index (Phi) is 2.54. The second-order valence-electron chi connectivity index (χ2n) is 1.86. The third-order valence-electron chi connectivity index (χ3n) is 1.06. The minimum Gasteiger partial charge on any atom is -0.391 e. The van der Waals surface area contributed by atoms with E-state index < -0.39 is 4.92 Å². The first-order chi connectivity index (χ1) is 5.74. The average Bonchev–Trinajstić information content (AvgIpc) is 2.48. The molecule has 0 saturated carbocycles. The van der Waals surface area contributed by atoms with Crippen LogP contribution >= 0.6 is 0 Å². The van der Waals surface area contributed by atoms with Gasteiger partial charge in [0.25, 0.3) is 0 Å². The topological polar surface area (TPSA) is 88.9 Å². The minimum atomic E-state index is -0.655. The Labute approximate surface area is 67.3 Å². The van der Waals surface area contributed by atoms with Gasteiger partial charge in [0.1, 0.15) is 4.92 Å². The highest BCUT2D eigenvalue weighted by Gasteiger charge is 2.10. The Balaban J connectivity index is 2.77. The van der Waals surface area contributed by atoms with E-state index in [9.17, 15) is 10.1 Å². The lowest BCUT2D eigenvalue weighted by molar-refractivity contribution is -0.401. The standard InChI is InChI=1S/C6H6N2O4/c9-4-3-7-5-1-2-6(12-5)8(10)11/h1-3,9H,4H2/b7-3+. The van der Waals surface area contributed by atoms with Crippen LogP contribution in [0.15, 0.2) is 21.5 Å². The monoisotopic (exact) mass is 170 g/mol. The maximum absolute atomic E-state index is 10.1. The van der Waals surface area contributed by atoms with Crippen LogP contribution in [0.1, 0.15) is 0 Å². The van der Waals surface area contributed by atoms with Gasteiger partial charge in [0.15, 0.2) is 0 Å². The van der Waals surface area contributed by atoms with E-state index in [-0.39, 0.29) is 18.4 Å². The van der Waals surface area contributed by atoms with Crippen LogP contribution in [0.4, 0.5) is 11.8 Å². The van der Waals surface area contributed by atoms with Crippen molar-refractivity contribution in [3.8, 4) is 0 Å². The first kappa shape index (κ1) is 8.41. The molecule has 0 spiro atoms. The lowest BCUT2D eigenvalue weighted by Gasteiger charge is -1.82. The summed E-state index contributed by atoms with van der Waals surface area (Å²) in [6.07, 6.45) is 1.18. The molecule has 1 rings (SSSR count). The first-order valence-corrected chi connectivity index (χ1v) is 3.11. The Morgan fingerprint density at radius 3 is 3.00 bits per heavy atom. The van der Waals surface area contributed by atoms with Gasteiger partial charge in [-0.3, -0.25) is 10.1 Å². The van der Waals surface area contributed by atoms with Crippen LogP contribution in [-0.2, 0) is 0 Å². The highest BCUT2D eigenvalue weighted by molar-refractivity contribution is 5.62. The highest BCUT2D eigenvalue weighted by Crippen LogP contribution is 2.21. The van der Waals surface area contributed by atoms with E-state index in [4.69, 9.17) is 5.11 Å². The van der Waals surface area contributed by atoms with Crippen molar-refractivity contribution in [2.45, 2.75) is 0 Å². The number of furan rings is 1. The summed E-state index contributed by atoms with van der Waals surface area (Å²) in [5.41, 5.74) is 0. The lowest BCUT2D eigenvalue weighted by Crippen LogP contribution is -1.82. The van der Waals surface area contributed by atoms with Crippen LogP contribution < -0.4 is 0 Å². The number of hydrogen-bond donors (Lipinski definition) is 1. The molecule has 0 fully saturated rings. The van der Waals surface area contributed by atoms with E-state index in [0.717, 1.165) is 0 Å². The molecule has 0 radical (unpaired) electrons. The molecule has 0 saturated heterocycles. The Bertz CT molecular complexity index is 304. The minimum absolute atomic E-state index is 0.107. The van der Waals surface area contributed by atoms with Gasteiger partial charge in [-0.15, -0.1) is 0 Å². The molecule has 6 nitrogen and oxygen atoms in total. The largest absolute Gasteiger partial charge is 0.434 e. The van der Waals surface area contributed by atoms with E-state index in [1.807, 2.05) is 0 Å². The molecular weight excluding hydrogens is 164 g/mol. The van der Waals surface area contributed by atoms with Gasteiger partial charge >= 0.3 is 5.88 Å². The summed E-state index contributed by atoms with van der Waals surface area (Å²) in [5.74, 6) is -0.254. The third-order valence-corrected chi connectivity index (χ3v) is 1.06. The number of hydrogen-bond acceptors (Lipinski definition) is 5. The second kappa shape index (κ2) is 3.63. The van der Waals surface area contributed by atoms with Gasteiger partial charge in [0, 0.05) is 12.3 Å². The molecule has 64 valence electrons. The molecule has 0 atom stereocenters. The van der Waals surface area contributed by atoms with Crippen molar-refractivity contribution in [2.75, 3.05) is 6.61 Å². The van der Waals surface area contributed by atoms with E-state index in [2.05, 4.69) is 9.41 Å². The molecular formula is C6H6N2O4. The van der Waals surface area contributed by atoms with E-state index in [1.54, 1.807) is 0 Å². The zero-order chi connectivity index (χ0) is 8.97. The maximum atomic E-state index is 10.1. The zero-order valence-corrected chi connectivity index (χ0v) is 6.01. The molecule has 0 bridgehead atoms. The molecule has 1 aromatic rings. The Hall–Kier alpha value is -1.69. The fourth-order valence-corrected chi connectivity index (χ4v) is 0.616. The highest BCUT2D eigenvalue weighted by atomic mass is 16.6.